The van der Waals surface area contributed by atoms with E-state index in [4.69, 9.17) is 4.74 Å². The molecule has 154 valence electrons. The van der Waals surface area contributed by atoms with Crippen LogP contribution in [0.15, 0.2) is 63.6 Å². The number of carbonyl (C=O) groups is 2. The molecular formula is C20H15F2N3O4S. The zero-order chi connectivity index (χ0) is 21.5. The van der Waals surface area contributed by atoms with Gasteiger partial charge in [-0.1, -0.05) is 30.3 Å². The zero-order valence-corrected chi connectivity index (χ0v) is 16.4. The summed E-state index contributed by atoms with van der Waals surface area (Å²) in [4.78, 5) is 23.0. The molecule has 0 saturated carbocycles. The van der Waals surface area contributed by atoms with Crippen molar-refractivity contribution in [1.29, 1.82) is 0 Å². The molecule has 2 aromatic carbocycles. The van der Waals surface area contributed by atoms with Crippen LogP contribution in [0.4, 0.5) is 8.78 Å². The van der Waals surface area contributed by atoms with Crippen LogP contribution in [0.3, 0.4) is 0 Å². The maximum atomic E-state index is 14.2. The van der Waals surface area contributed by atoms with Crippen molar-refractivity contribution in [2.45, 2.75) is 6.61 Å². The number of amidine groups is 1. The summed E-state index contributed by atoms with van der Waals surface area (Å²) >= 11 is 0.879. The second-order valence-corrected chi connectivity index (χ2v) is 6.86. The summed E-state index contributed by atoms with van der Waals surface area (Å²) < 4.78 is 38.1. The first-order valence-electron chi connectivity index (χ1n) is 8.52. The number of nitrogens with zero attached hydrogens (tertiary/aromatic N) is 2. The van der Waals surface area contributed by atoms with E-state index in [2.05, 4.69) is 20.3 Å². The molecule has 1 aliphatic heterocycles. The van der Waals surface area contributed by atoms with Crippen LogP contribution in [0, 0.1) is 11.6 Å². The molecule has 1 aliphatic rings. The van der Waals surface area contributed by atoms with E-state index < -0.39 is 29.3 Å². The minimum absolute atomic E-state index is 0.0219. The summed E-state index contributed by atoms with van der Waals surface area (Å²) in [6.45, 7) is 0.0219. The molecule has 30 heavy (non-hydrogen) atoms. The average Bonchev–Trinajstić information content (AvgIpc) is 3.07. The Morgan fingerprint density at radius 2 is 1.90 bits per heavy atom. The van der Waals surface area contributed by atoms with Crippen molar-refractivity contribution in [1.82, 2.24) is 5.32 Å². The Hall–Kier alpha value is -3.53. The van der Waals surface area contributed by atoms with Crippen molar-refractivity contribution in [3.05, 3.63) is 76.2 Å². The fourth-order valence-corrected chi connectivity index (χ4v) is 3.05. The van der Waals surface area contributed by atoms with E-state index in [1.165, 1.54) is 7.11 Å². The van der Waals surface area contributed by atoms with Crippen LogP contribution < -0.4 is 10.1 Å². The third kappa shape index (κ3) is 5.51. The van der Waals surface area contributed by atoms with Crippen molar-refractivity contribution in [3.63, 3.8) is 0 Å². The first kappa shape index (κ1) is 21.2. The Morgan fingerprint density at radius 1 is 1.20 bits per heavy atom. The standard InChI is InChI=1S/C20H15F2N3O4S/c1-28-17(26)9-16-19(27)24-20(30-16)25-23-10-13-7-14(21)18(15(22)8-13)29-11-12-5-3-2-4-6-12/h2-10H,11H2,1H3,(H,24,25,27)/b16-9+,23-10?. The first-order valence-corrected chi connectivity index (χ1v) is 9.33. The lowest BCUT2D eigenvalue weighted by molar-refractivity contribution is -0.135. The van der Waals surface area contributed by atoms with Crippen LogP contribution in [0.25, 0.3) is 0 Å². The molecule has 1 N–H and O–H groups in total. The number of amides is 1. The summed E-state index contributed by atoms with van der Waals surface area (Å²) in [6, 6.07) is 11.1. The van der Waals surface area contributed by atoms with E-state index in [9.17, 15) is 18.4 Å². The van der Waals surface area contributed by atoms with E-state index in [0.717, 1.165) is 41.7 Å². The Bertz CT molecular complexity index is 1030. The molecule has 3 rings (SSSR count). The largest absolute Gasteiger partial charge is 0.483 e. The van der Waals surface area contributed by atoms with Crippen LogP contribution in [0.2, 0.25) is 0 Å². The molecule has 2 aromatic rings. The number of esters is 1. The van der Waals surface area contributed by atoms with E-state index in [-0.39, 0.29) is 22.2 Å². The first-order chi connectivity index (χ1) is 14.5. The third-order valence-corrected chi connectivity index (χ3v) is 4.60. The van der Waals surface area contributed by atoms with Crippen LogP contribution in [0.1, 0.15) is 11.1 Å². The molecule has 10 heteroatoms. The highest BCUT2D eigenvalue weighted by Gasteiger charge is 2.25. The van der Waals surface area contributed by atoms with Gasteiger partial charge in [0.1, 0.15) is 6.61 Å². The van der Waals surface area contributed by atoms with Crippen molar-refractivity contribution >= 4 is 35.0 Å². The second kappa shape index (κ2) is 9.79. The van der Waals surface area contributed by atoms with Crippen molar-refractivity contribution in [3.8, 4) is 5.75 Å². The molecule has 1 heterocycles. The van der Waals surface area contributed by atoms with Crippen molar-refractivity contribution < 1.29 is 27.8 Å². The van der Waals surface area contributed by atoms with Gasteiger partial charge >= 0.3 is 5.97 Å². The molecule has 0 radical (unpaired) electrons. The highest BCUT2D eigenvalue weighted by molar-refractivity contribution is 8.18. The van der Waals surface area contributed by atoms with Crippen molar-refractivity contribution in [2.24, 2.45) is 10.2 Å². The molecule has 0 unspecified atom stereocenters. The molecule has 1 saturated heterocycles. The fraction of sp³-hybridized carbons (Fsp3) is 0.100. The van der Waals surface area contributed by atoms with E-state index in [1.54, 1.807) is 24.3 Å². The topological polar surface area (TPSA) is 89.3 Å². The molecule has 0 aromatic heterocycles. The summed E-state index contributed by atoms with van der Waals surface area (Å²) in [5.41, 5.74) is 0.885. The molecule has 7 nitrogen and oxygen atoms in total. The summed E-state index contributed by atoms with van der Waals surface area (Å²) in [5.74, 6) is -3.47. The minimum atomic E-state index is -0.883. The van der Waals surface area contributed by atoms with Crippen molar-refractivity contribution in [2.75, 3.05) is 7.11 Å². The van der Waals surface area contributed by atoms with E-state index in [0.29, 0.717) is 0 Å². The highest BCUT2D eigenvalue weighted by Crippen LogP contribution is 2.25. The number of hydrogen-bond donors (Lipinski definition) is 1. The van der Waals surface area contributed by atoms with Gasteiger partial charge in [0.2, 0.25) is 0 Å². The number of methoxy groups -OCH3 is 1. The molecular weight excluding hydrogens is 416 g/mol. The van der Waals surface area contributed by atoms with Crippen LogP contribution in [-0.4, -0.2) is 30.4 Å². The molecule has 0 atom stereocenters. The van der Waals surface area contributed by atoms with E-state index in [1.807, 2.05) is 6.07 Å². The molecule has 0 bridgehead atoms. The number of nitrogens with one attached hydrogen (secondary N) is 1. The SMILES string of the molecule is COC(=O)/C=C1/S/C(=N\N=Cc2cc(F)c(OCc3ccccc3)c(F)c2)NC1=O. The summed E-state index contributed by atoms with van der Waals surface area (Å²) in [5, 5.41) is 9.97. The van der Waals surface area contributed by atoms with Gasteiger partial charge in [-0.2, -0.15) is 5.10 Å². The predicted molar refractivity (Wildman–Crippen MR) is 108 cm³/mol. The lowest BCUT2D eigenvalue weighted by Crippen LogP contribution is -2.19. The monoisotopic (exact) mass is 431 g/mol. The Morgan fingerprint density at radius 3 is 2.57 bits per heavy atom. The lowest BCUT2D eigenvalue weighted by Gasteiger charge is -2.09. The molecule has 0 spiro atoms. The smallest absolute Gasteiger partial charge is 0.331 e. The van der Waals surface area contributed by atoms with Gasteiger partial charge in [0, 0.05) is 11.6 Å². The van der Waals surface area contributed by atoms with Gasteiger partial charge in [0.15, 0.2) is 22.6 Å². The number of benzene rings is 2. The van der Waals surface area contributed by atoms with Gasteiger partial charge in [0.25, 0.3) is 5.91 Å². The van der Waals surface area contributed by atoms with Gasteiger partial charge in [-0.15, -0.1) is 5.10 Å². The number of thioether (sulfide) groups is 1. The summed E-state index contributed by atoms with van der Waals surface area (Å²) in [7, 11) is 1.19. The third-order valence-electron chi connectivity index (χ3n) is 3.70. The van der Waals surface area contributed by atoms with Gasteiger partial charge < -0.3 is 9.47 Å². The van der Waals surface area contributed by atoms with Gasteiger partial charge in [-0.25, -0.2) is 13.6 Å². The lowest BCUT2D eigenvalue weighted by atomic mass is 10.2. The number of ether oxygens (including phenoxy) is 2. The predicted octanol–water partition coefficient (Wildman–Crippen LogP) is 3.15. The normalized spacial score (nSPS) is 16.3. The number of hydrogen-bond acceptors (Lipinski definition) is 7. The van der Waals surface area contributed by atoms with Gasteiger partial charge in [-0.05, 0) is 29.5 Å². The number of halogens is 2. The Balaban J connectivity index is 1.66. The fourth-order valence-electron chi connectivity index (χ4n) is 2.31. The summed E-state index contributed by atoms with van der Waals surface area (Å²) in [6.07, 6.45) is 2.14. The van der Waals surface area contributed by atoms with Crippen LogP contribution in [0.5, 0.6) is 5.75 Å². The minimum Gasteiger partial charge on any atom is -0.483 e. The maximum absolute atomic E-state index is 14.2. The quantitative estimate of drug-likeness (QED) is 0.329. The van der Waals surface area contributed by atoms with Crippen LogP contribution >= 0.6 is 11.8 Å². The second-order valence-electron chi connectivity index (χ2n) is 5.83. The molecule has 0 aliphatic carbocycles. The Kier molecular flexibility index (Phi) is 6.91. The highest BCUT2D eigenvalue weighted by atomic mass is 32.2. The van der Waals surface area contributed by atoms with Gasteiger partial charge in [-0.3, -0.25) is 10.1 Å². The van der Waals surface area contributed by atoms with E-state index >= 15 is 0 Å². The number of rotatable bonds is 6. The Labute approximate surface area is 174 Å². The number of carbonyl (C=O) groups excluding carboxylic acids is 2. The van der Waals surface area contributed by atoms with Gasteiger partial charge in [0.05, 0.1) is 18.2 Å². The van der Waals surface area contributed by atoms with Crippen LogP contribution in [-0.2, 0) is 20.9 Å². The maximum Gasteiger partial charge on any atom is 0.331 e. The average molecular weight is 431 g/mol. The molecule has 1 fully saturated rings. The zero-order valence-electron chi connectivity index (χ0n) is 15.6. The molecule has 1 amide bonds.